The summed E-state index contributed by atoms with van der Waals surface area (Å²) in [5.41, 5.74) is 1.23. The summed E-state index contributed by atoms with van der Waals surface area (Å²) in [6.07, 6.45) is 0.815. The molecule has 0 atom stereocenters. The van der Waals surface area contributed by atoms with Gasteiger partial charge >= 0.3 is 5.97 Å². The molecule has 0 saturated heterocycles. The minimum Gasteiger partial charge on any atom is -0.494 e. The van der Waals surface area contributed by atoms with Crippen molar-refractivity contribution in [3.63, 3.8) is 0 Å². The molecule has 0 saturated carbocycles. The highest BCUT2D eigenvalue weighted by atomic mass is 16.6. The van der Waals surface area contributed by atoms with Gasteiger partial charge in [-0.15, -0.1) is 0 Å². The van der Waals surface area contributed by atoms with Crippen LogP contribution in [-0.2, 0) is 0 Å². The van der Waals surface area contributed by atoms with E-state index in [1.165, 1.54) is 12.1 Å². The molecular weight excluding hydrogens is 310 g/mol. The first-order valence-electron chi connectivity index (χ1n) is 7.82. The van der Waals surface area contributed by atoms with Crippen LogP contribution in [0.25, 0.3) is 0 Å². The van der Waals surface area contributed by atoms with E-state index in [-0.39, 0.29) is 5.56 Å². The average Bonchev–Trinajstić information content (AvgIpc) is 2.61. The number of rotatable bonds is 7. The van der Waals surface area contributed by atoms with Gasteiger partial charge in [-0.3, -0.25) is 0 Å². The van der Waals surface area contributed by atoms with Gasteiger partial charge in [-0.1, -0.05) is 0 Å². The van der Waals surface area contributed by atoms with Gasteiger partial charge in [0, 0.05) is 18.3 Å². The van der Waals surface area contributed by atoms with Gasteiger partial charge in [0.2, 0.25) is 0 Å². The number of carbonyl (C=O) groups is 1. The molecule has 24 heavy (non-hydrogen) atoms. The maximum absolute atomic E-state index is 10.8. The number of carboxylic acids is 1. The van der Waals surface area contributed by atoms with Gasteiger partial charge in [0.05, 0.1) is 12.2 Å². The molecule has 126 valence electrons. The molecule has 1 aliphatic heterocycles. The summed E-state index contributed by atoms with van der Waals surface area (Å²) in [5.74, 6) is 1.27. The molecule has 0 radical (unpaired) electrons. The van der Waals surface area contributed by atoms with Crippen LogP contribution in [0.3, 0.4) is 0 Å². The lowest BCUT2D eigenvalue weighted by Crippen LogP contribution is -2.15. The van der Waals surface area contributed by atoms with E-state index in [2.05, 4.69) is 5.32 Å². The molecule has 0 aliphatic carbocycles. The van der Waals surface area contributed by atoms with E-state index >= 15 is 0 Å². The fourth-order valence-electron chi connectivity index (χ4n) is 2.34. The van der Waals surface area contributed by atoms with Gasteiger partial charge in [0.15, 0.2) is 11.5 Å². The van der Waals surface area contributed by atoms with Crippen molar-refractivity contribution in [1.82, 2.24) is 0 Å². The lowest BCUT2D eigenvalue weighted by atomic mass is 10.2. The van der Waals surface area contributed by atoms with E-state index in [4.69, 9.17) is 19.3 Å². The summed E-state index contributed by atoms with van der Waals surface area (Å²) in [7, 11) is 0. The molecule has 3 rings (SSSR count). The molecule has 6 nitrogen and oxygen atoms in total. The van der Waals surface area contributed by atoms with Crippen molar-refractivity contribution in [3.05, 3.63) is 48.0 Å². The topological polar surface area (TPSA) is 77.0 Å². The van der Waals surface area contributed by atoms with Crippen molar-refractivity contribution < 1.29 is 24.1 Å². The summed E-state index contributed by atoms with van der Waals surface area (Å²) in [6.45, 7) is 2.46. The normalized spacial score (nSPS) is 12.5. The van der Waals surface area contributed by atoms with Crippen LogP contribution in [0.5, 0.6) is 17.2 Å². The van der Waals surface area contributed by atoms with Crippen LogP contribution in [0, 0.1) is 0 Å². The Hall–Kier alpha value is -2.89. The lowest BCUT2D eigenvalue weighted by molar-refractivity contribution is 0.0697. The molecule has 1 heterocycles. The Labute approximate surface area is 140 Å². The molecule has 0 unspecified atom stereocenters. The first-order valence-corrected chi connectivity index (χ1v) is 7.82. The third-order valence-corrected chi connectivity index (χ3v) is 3.56. The number of hydrogen-bond donors (Lipinski definition) is 2. The van der Waals surface area contributed by atoms with Gasteiger partial charge in [-0.2, -0.15) is 0 Å². The van der Waals surface area contributed by atoms with Crippen LogP contribution in [0.1, 0.15) is 16.8 Å². The fourth-order valence-corrected chi connectivity index (χ4v) is 2.34. The number of benzene rings is 2. The Morgan fingerprint density at radius 2 is 1.83 bits per heavy atom. The Morgan fingerprint density at radius 1 is 1.08 bits per heavy atom. The van der Waals surface area contributed by atoms with E-state index in [9.17, 15) is 4.79 Å². The number of carboxylic acid groups (broad SMARTS) is 1. The van der Waals surface area contributed by atoms with E-state index < -0.39 is 5.97 Å². The van der Waals surface area contributed by atoms with Crippen LogP contribution >= 0.6 is 0 Å². The van der Waals surface area contributed by atoms with Gasteiger partial charge in [-0.25, -0.2) is 4.79 Å². The Bertz CT molecular complexity index is 699. The SMILES string of the molecule is O=C(O)c1ccc(OCCCNc2ccc3c(c2)OCCO3)cc1. The summed E-state index contributed by atoms with van der Waals surface area (Å²) in [6, 6.07) is 12.2. The van der Waals surface area contributed by atoms with E-state index in [1.54, 1.807) is 12.1 Å². The zero-order chi connectivity index (χ0) is 16.8. The number of hydrogen-bond acceptors (Lipinski definition) is 5. The Morgan fingerprint density at radius 3 is 2.58 bits per heavy atom. The zero-order valence-corrected chi connectivity index (χ0v) is 13.2. The van der Waals surface area contributed by atoms with Crippen molar-refractivity contribution in [2.24, 2.45) is 0 Å². The van der Waals surface area contributed by atoms with Crippen LogP contribution < -0.4 is 19.5 Å². The Balaban J connectivity index is 1.40. The maximum atomic E-state index is 10.8. The summed E-state index contributed by atoms with van der Waals surface area (Å²) in [5, 5.41) is 12.1. The number of aromatic carboxylic acids is 1. The predicted molar refractivity (Wildman–Crippen MR) is 89.4 cm³/mol. The fraction of sp³-hybridized carbons (Fsp3) is 0.278. The van der Waals surface area contributed by atoms with Crippen LogP contribution in [0.4, 0.5) is 5.69 Å². The molecule has 2 aromatic carbocycles. The van der Waals surface area contributed by atoms with E-state index in [0.29, 0.717) is 25.6 Å². The summed E-state index contributed by atoms with van der Waals surface area (Å²) in [4.78, 5) is 10.8. The second kappa shape index (κ2) is 7.59. The van der Waals surface area contributed by atoms with Crippen molar-refractivity contribution in [3.8, 4) is 17.2 Å². The van der Waals surface area contributed by atoms with Crippen LogP contribution in [0.15, 0.2) is 42.5 Å². The highest BCUT2D eigenvalue weighted by molar-refractivity contribution is 5.87. The standard InChI is InChI=1S/C18H19NO5/c20-18(21)13-2-5-15(6-3-13)22-9-1-8-19-14-4-7-16-17(12-14)24-11-10-23-16/h2-7,12,19H,1,8-11H2,(H,20,21). The number of anilines is 1. The minimum absolute atomic E-state index is 0.252. The average molecular weight is 329 g/mol. The quantitative estimate of drug-likeness (QED) is 0.760. The first kappa shape index (κ1) is 16.0. The molecule has 2 N–H and O–H groups in total. The molecule has 0 aromatic heterocycles. The van der Waals surface area contributed by atoms with Crippen LogP contribution in [0.2, 0.25) is 0 Å². The molecule has 0 fully saturated rings. The minimum atomic E-state index is -0.940. The highest BCUT2D eigenvalue weighted by Crippen LogP contribution is 2.32. The van der Waals surface area contributed by atoms with E-state index in [0.717, 1.165) is 30.2 Å². The van der Waals surface area contributed by atoms with E-state index in [1.807, 2.05) is 18.2 Å². The van der Waals surface area contributed by atoms with Crippen molar-refractivity contribution in [2.45, 2.75) is 6.42 Å². The first-order chi connectivity index (χ1) is 11.7. The largest absolute Gasteiger partial charge is 0.494 e. The summed E-state index contributed by atoms with van der Waals surface area (Å²) < 4.78 is 16.6. The second-order valence-corrected chi connectivity index (χ2v) is 5.32. The predicted octanol–water partition coefficient (Wildman–Crippen LogP) is 3.04. The zero-order valence-electron chi connectivity index (χ0n) is 13.2. The molecule has 1 aliphatic rings. The van der Waals surface area contributed by atoms with Crippen molar-refractivity contribution in [2.75, 3.05) is 31.7 Å². The van der Waals surface area contributed by atoms with Gasteiger partial charge < -0.3 is 24.6 Å². The molecule has 0 amide bonds. The molecule has 0 bridgehead atoms. The monoisotopic (exact) mass is 329 g/mol. The second-order valence-electron chi connectivity index (χ2n) is 5.32. The summed E-state index contributed by atoms with van der Waals surface area (Å²) >= 11 is 0. The maximum Gasteiger partial charge on any atom is 0.335 e. The Kier molecular flexibility index (Phi) is 5.05. The molecule has 6 heteroatoms. The smallest absolute Gasteiger partial charge is 0.335 e. The third-order valence-electron chi connectivity index (χ3n) is 3.56. The number of ether oxygens (including phenoxy) is 3. The van der Waals surface area contributed by atoms with Gasteiger partial charge in [0.25, 0.3) is 0 Å². The van der Waals surface area contributed by atoms with Crippen LogP contribution in [-0.4, -0.2) is 37.4 Å². The molecule has 0 spiro atoms. The van der Waals surface area contributed by atoms with Crippen molar-refractivity contribution >= 4 is 11.7 Å². The molecule has 2 aromatic rings. The number of fused-ring (bicyclic) bond motifs is 1. The van der Waals surface area contributed by atoms with Crippen molar-refractivity contribution in [1.29, 1.82) is 0 Å². The highest BCUT2D eigenvalue weighted by Gasteiger charge is 2.11. The van der Waals surface area contributed by atoms with Gasteiger partial charge in [-0.05, 0) is 42.8 Å². The number of nitrogens with one attached hydrogen (secondary N) is 1. The van der Waals surface area contributed by atoms with Gasteiger partial charge in [0.1, 0.15) is 19.0 Å². The molecular formula is C18H19NO5. The third kappa shape index (κ3) is 4.10. The lowest BCUT2D eigenvalue weighted by Gasteiger charge is -2.19.